The second-order valence-corrected chi connectivity index (χ2v) is 6.39. The molecule has 0 aliphatic carbocycles. The molecule has 1 fully saturated rings. The Morgan fingerprint density at radius 3 is 3.00 bits per heavy atom. The molecular weight excluding hydrogens is 347 g/mol. The van der Waals surface area contributed by atoms with Crippen molar-refractivity contribution in [2.24, 2.45) is 7.05 Å². The summed E-state index contributed by atoms with van der Waals surface area (Å²) in [7, 11) is 1.90. The smallest absolute Gasteiger partial charge is 0.264 e. The zero-order valence-corrected chi connectivity index (χ0v) is 14.8. The number of benzene rings is 1. The number of hydrogen-bond donors (Lipinski definition) is 1. The summed E-state index contributed by atoms with van der Waals surface area (Å²) in [5.41, 5.74) is 0. The first-order valence-corrected chi connectivity index (χ1v) is 8.45. The third-order valence-corrected chi connectivity index (χ3v) is 4.52. The van der Waals surface area contributed by atoms with Crippen LogP contribution in [-0.2, 0) is 11.8 Å². The quantitative estimate of drug-likeness (QED) is 0.900. The van der Waals surface area contributed by atoms with Gasteiger partial charge in [0.15, 0.2) is 6.10 Å². The normalized spacial score (nSPS) is 18.9. The van der Waals surface area contributed by atoms with Crippen molar-refractivity contribution in [1.82, 2.24) is 19.8 Å². The molecule has 0 radical (unpaired) electrons. The lowest BCUT2D eigenvalue weighted by molar-refractivity contribution is -0.141. The molecule has 0 saturated carbocycles. The number of piperazine rings is 1. The highest BCUT2D eigenvalue weighted by molar-refractivity contribution is 6.32. The maximum atomic E-state index is 13.1. The minimum atomic E-state index is -0.746. The lowest BCUT2D eigenvalue weighted by Gasteiger charge is -2.37. The van der Waals surface area contributed by atoms with E-state index in [9.17, 15) is 9.18 Å². The molecule has 2 heterocycles. The summed E-state index contributed by atoms with van der Waals surface area (Å²) in [6.45, 7) is 3.55. The van der Waals surface area contributed by atoms with Gasteiger partial charge in [-0.2, -0.15) is 0 Å². The molecule has 1 amide bonds. The summed E-state index contributed by atoms with van der Waals surface area (Å²) in [5.74, 6) is 0.489. The second kappa shape index (κ2) is 7.41. The largest absolute Gasteiger partial charge is 0.479 e. The Kier molecular flexibility index (Phi) is 5.24. The Morgan fingerprint density at radius 1 is 1.52 bits per heavy atom. The number of carbonyl (C=O) groups excluding carboxylic acids is 1. The monoisotopic (exact) mass is 366 g/mol. The Bertz CT molecular complexity index is 767. The van der Waals surface area contributed by atoms with Crippen LogP contribution >= 0.6 is 11.6 Å². The number of rotatable bonds is 4. The van der Waals surface area contributed by atoms with Gasteiger partial charge in [0.05, 0.1) is 5.02 Å². The average Bonchev–Trinajstić information content (AvgIpc) is 3.02. The number of imidazole rings is 1. The molecule has 8 heteroatoms. The minimum Gasteiger partial charge on any atom is -0.479 e. The molecule has 1 aliphatic rings. The van der Waals surface area contributed by atoms with Crippen molar-refractivity contribution in [3.63, 3.8) is 0 Å². The standard InChI is InChI=1S/C17H20ClFN4O2/c1-11(25-15-4-3-12(19)9-13(15)18)17(24)23-8-5-20-10-14(23)16-21-6-7-22(16)2/h3-4,6-7,9,11,14,20H,5,8,10H2,1-2H3. The zero-order chi connectivity index (χ0) is 18.0. The van der Waals surface area contributed by atoms with Crippen molar-refractivity contribution < 1.29 is 13.9 Å². The number of halogens is 2. The van der Waals surface area contributed by atoms with E-state index in [0.29, 0.717) is 19.6 Å². The van der Waals surface area contributed by atoms with E-state index in [1.54, 1.807) is 18.0 Å². The van der Waals surface area contributed by atoms with Crippen LogP contribution in [0.25, 0.3) is 0 Å². The van der Waals surface area contributed by atoms with Crippen LogP contribution < -0.4 is 10.1 Å². The van der Waals surface area contributed by atoms with Crippen molar-refractivity contribution in [3.05, 3.63) is 47.3 Å². The van der Waals surface area contributed by atoms with E-state index in [2.05, 4.69) is 10.3 Å². The fraction of sp³-hybridized carbons (Fsp3) is 0.412. The Balaban J connectivity index is 1.76. The van der Waals surface area contributed by atoms with Crippen molar-refractivity contribution in [2.45, 2.75) is 19.1 Å². The van der Waals surface area contributed by atoms with Crippen molar-refractivity contribution in [1.29, 1.82) is 0 Å². The van der Waals surface area contributed by atoms with Gasteiger partial charge in [-0.15, -0.1) is 0 Å². The number of carbonyl (C=O) groups is 1. The molecule has 0 spiro atoms. The van der Waals surface area contributed by atoms with Crippen LogP contribution in [0.3, 0.4) is 0 Å². The molecule has 0 bridgehead atoms. The predicted molar refractivity (Wildman–Crippen MR) is 92.0 cm³/mol. The number of aryl methyl sites for hydroxylation is 1. The third-order valence-electron chi connectivity index (χ3n) is 4.23. The highest BCUT2D eigenvalue weighted by atomic mass is 35.5. The van der Waals surface area contributed by atoms with Crippen molar-refractivity contribution in [3.8, 4) is 5.75 Å². The van der Waals surface area contributed by atoms with Gasteiger partial charge in [0.2, 0.25) is 0 Å². The lowest BCUT2D eigenvalue weighted by Crippen LogP contribution is -2.52. The molecule has 1 aromatic heterocycles. The summed E-state index contributed by atoms with van der Waals surface area (Å²) < 4.78 is 20.7. The number of nitrogens with zero attached hydrogens (tertiary/aromatic N) is 3. The number of aromatic nitrogens is 2. The van der Waals surface area contributed by atoms with E-state index in [1.807, 2.05) is 17.8 Å². The number of amides is 1. The summed E-state index contributed by atoms with van der Waals surface area (Å²) in [6, 6.07) is 3.67. The van der Waals surface area contributed by atoms with E-state index in [4.69, 9.17) is 16.3 Å². The van der Waals surface area contributed by atoms with Gasteiger partial charge in [-0.1, -0.05) is 11.6 Å². The van der Waals surface area contributed by atoms with Gasteiger partial charge in [-0.25, -0.2) is 9.37 Å². The van der Waals surface area contributed by atoms with Gasteiger partial charge in [0.25, 0.3) is 5.91 Å². The highest BCUT2D eigenvalue weighted by Gasteiger charge is 2.33. The predicted octanol–water partition coefficient (Wildman–Crippen LogP) is 2.15. The molecule has 1 aliphatic heterocycles. The van der Waals surface area contributed by atoms with Gasteiger partial charge in [0, 0.05) is 39.1 Å². The molecule has 6 nitrogen and oxygen atoms in total. The molecule has 2 aromatic rings. The zero-order valence-electron chi connectivity index (χ0n) is 14.1. The fourth-order valence-electron chi connectivity index (χ4n) is 2.94. The summed E-state index contributed by atoms with van der Waals surface area (Å²) in [5, 5.41) is 3.43. The van der Waals surface area contributed by atoms with Crippen molar-refractivity contribution >= 4 is 17.5 Å². The van der Waals surface area contributed by atoms with Gasteiger partial charge in [-0.3, -0.25) is 4.79 Å². The van der Waals surface area contributed by atoms with E-state index in [0.717, 1.165) is 11.9 Å². The molecule has 25 heavy (non-hydrogen) atoms. The van der Waals surface area contributed by atoms with Crippen LogP contribution in [0.5, 0.6) is 5.75 Å². The topological polar surface area (TPSA) is 59.4 Å². The van der Waals surface area contributed by atoms with Crippen LogP contribution in [0.4, 0.5) is 4.39 Å². The number of ether oxygens (including phenoxy) is 1. The Labute approximate surface area is 150 Å². The molecule has 3 rings (SSSR count). The second-order valence-electron chi connectivity index (χ2n) is 5.98. The lowest BCUT2D eigenvalue weighted by atomic mass is 10.1. The molecule has 134 valence electrons. The molecule has 1 N–H and O–H groups in total. The minimum absolute atomic E-state index is 0.139. The van der Waals surface area contributed by atoms with Gasteiger partial charge >= 0.3 is 0 Å². The van der Waals surface area contributed by atoms with E-state index >= 15 is 0 Å². The van der Waals surface area contributed by atoms with E-state index in [1.165, 1.54) is 12.1 Å². The summed E-state index contributed by atoms with van der Waals surface area (Å²) >= 11 is 5.98. The Hall–Kier alpha value is -2.12. The van der Waals surface area contributed by atoms with Crippen molar-refractivity contribution in [2.75, 3.05) is 19.6 Å². The fourth-order valence-corrected chi connectivity index (χ4v) is 3.15. The van der Waals surface area contributed by atoms with Gasteiger partial charge in [-0.05, 0) is 25.1 Å². The maximum Gasteiger partial charge on any atom is 0.264 e. The molecular formula is C17H20ClFN4O2. The van der Waals surface area contributed by atoms with Crippen LogP contribution in [0.2, 0.25) is 5.02 Å². The summed E-state index contributed by atoms with van der Waals surface area (Å²) in [4.78, 5) is 19.0. The van der Waals surface area contributed by atoms with Crippen LogP contribution in [0.15, 0.2) is 30.6 Å². The SMILES string of the molecule is CC(Oc1ccc(F)cc1Cl)C(=O)N1CCNCC1c1nccn1C. The Morgan fingerprint density at radius 2 is 2.32 bits per heavy atom. The molecule has 2 unspecified atom stereocenters. The third kappa shape index (κ3) is 3.77. The van der Waals surface area contributed by atoms with Crippen LogP contribution in [-0.4, -0.2) is 46.1 Å². The molecule has 2 atom stereocenters. The molecule has 1 aromatic carbocycles. The summed E-state index contributed by atoms with van der Waals surface area (Å²) in [6.07, 6.45) is 2.82. The highest BCUT2D eigenvalue weighted by Crippen LogP contribution is 2.27. The number of hydrogen-bond acceptors (Lipinski definition) is 4. The first-order chi connectivity index (χ1) is 12.0. The van der Waals surface area contributed by atoms with Gasteiger partial charge < -0.3 is 19.5 Å². The van der Waals surface area contributed by atoms with E-state index < -0.39 is 11.9 Å². The van der Waals surface area contributed by atoms with Crippen LogP contribution in [0, 0.1) is 5.82 Å². The van der Waals surface area contributed by atoms with E-state index in [-0.39, 0.29) is 22.7 Å². The number of nitrogens with one attached hydrogen (secondary N) is 1. The van der Waals surface area contributed by atoms with Crippen LogP contribution in [0.1, 0.15) is 18.8 Å². The first-order valence-electron chi connectivity index (χ1n) is 8.07. The maximum absolute atomic E-state index is 13.1. The average molecular weight is 367 g/mol. The first kappa shape index (κ1) is 17.7. The van der Waals surface area contributed by atoms with Gasteiger partial charge in [0.1, 0.15) is 23.4 Å². The molecule has 1 saturated heterocycles.